The second-order valence-corrected chi connectivity index (χ2v) is 7.49. The van der Waals surface area contributed by atoms with Crippen molar-refractivity contribution in [3.63, 3.8) is 0 Å². The first kappa shape index (κ1) is 19.7. The average molecular weight is 338 g/mol. The van der Waals surface area contributed by atoms with Crippen LogP contribution in [-0.4, -0.2) is 24.5 Å². The summed E-state index contributed by atoms with van der Waals surface area (Å²) >= 11 is 0. The van der Waals surface area contributed by atoms with Gasteiger partial charge >= 0.3 is 0 Å². The maximum atomic E-state index is 2.66. The zero-order valence-corrected chi connectivity index (χ0v) is 16.4. The Kier molecular flexibility index (Phi) is 8.76. The molecule has 0 bridgehead atoms. The van der Waals surface area contributed by atoms with E-state index in [0.717, 1.165) is 5.92 Å². The Morgan fingerprint density at radius 2 is 1.72 bits per heavy atom. The lowest BCUT2D eigenvalue weighted by Crippen LogP contribution is -2.23. The molecule has 1 aliphatic heterocycles. The van der Waals surface area contributed by atoms with E-state index in [4.69, 9.17) is 0 Å². The monoisotopic (exact) mass is 337 g/mol. The number of hydrogen-bond acceptors (Lipinski definition) is 1. The largest absolute Gasteiger partial charge is 0.303 e. The zero-order chi connectivity index (χ0) is 17.9. The van der Waals surface area contributed by atoms with Crippen molar-refractivity contribution in [1.29, 1.82) is 0 Å². The quantitative estimate of drug-likeness (QED) is 0.620. The molecule has 1 nitrogen and oxygen atoms in total. The third-order valence-corrected chi connectivity index (χ3v) is 5.08. The molecule has 1 aliphatic rings. The van der Waals surface area contributed by atoms with Crippen LogP contribution in [0.2, 0.25) is 0 Å². The van der Waals surface area contributed by atoms with Crippen LogP contribution in [0.1, 0.15) is 49.3 Å². The average Bonchev–Trinajstić information content (AvgIpc) is 3.07. The Balaban J connectivity index is 0.000000269. The van der Waals surface area contributed by atoms with Crippen LogP contribution in [-0.2, 0) is 6.42 Å². The summed E-state index contributed by atoms with van der Waals surface area (Å²) in [6.45, 7) is 10.5. The number of unbranched alkanes of at least 4 members (excludes halogenated alkanes) is 1. The van der Waals surface area contributed by atoms with Gasteiger partial charge in [-0.2, -0.15) is 0 Å². The molecule has 0 amide bonds. The standard InChI is InChI=1S/C17H27N.C7H8/c1-3-4-7-17-10-12-18(14-17)11-9-16-8-5-6-15(2)13-16;1-7-5-3-2-4-6-7/h5-6,8,13,17H,3-4,7,9-12,14H2,1-2H3;2-6H,1H3. The van der Waals surface area contributed by atoms with Crippen LogP contribution in [0.25, 0.3) is 0 Å². The zero-order valence-electron chi connectivity index (χ0n) is 16.4. The van der Waals surface area contributed by atoms with Crippen LogP contribution < -0.4 is 0 Å². The van der Waals surface area contributed by atoms with Gasteiger partial charge in [0, 0.05) is 13.1 Å². The molecule has 1 unspecified atom stereocenters. The van der Waals surface area contributed by atoms with Gasteiger partial charge in [-0.15, -0.1) is 0 Å². The highest BCUT2D eigenvalue weighted by molar-refractivity contribution is 5.22. The van der Waals surface area contributed by atoms with Crippen LogP contribution in [0.15, 0.2) is 54.6 Å². The third-order valence-electron chi connectivity index (χ3n) is 5.08. The van der Waals surface area contributed by atoms with Crippen molar-refractivity contribution < 1.29 is 0 Å². The van der Waals surface area contributed by atoms with Crippen LogP contribution in [0.4, 0.5) is 0 Å². The number of nitrogens with zero attached hydrogens (tertiary/aromatic N) is 1. The summed E-state index contributed by atoms with van der Waals surface area (Å²) in [4.78, 5) is 2.66. The molecule has 0 saturated carbocycles. The Hall–Kier alpha value is -1.60. The van der Waals surface area contributed by atoms with Crippen molar-refractivity contribution in [3.05, 3.63) is 71.3 Å². The van der Waals surface area contributed by atoms with E-state index in [1.54, 1.807) is 0 Å². The molecule has 136 valence electrons. The van der Waals surface area contributed by atoms with Crippen LogP contribution in [0.3, 0.4) is 0 Å². The fourth-order valence-corrected chi connectivity index (χ4v) is 3.53. The molecule has 3 rings (SSSR count). The van der Waals surface area contributed by atoms with Gasteiger partial charge in [0.05, 0.1) is 0 Å². The molecule has 2 aromatic rings. The fourth-order valence-electron chi connectivity index (χ4n) is 3.53. The SMILES string of the molecule is CCCCC1CCN(CCc2cccc(C)c2)C1.Cc1ccccc1. The summed E-state index contributed by atoms with van der Waals surface area (Å²) in [6, 6.07) is 19.2. The summed E-state index contributed by atoms with van der Waals surface area (Å²) in [7, 11) is 0. The number of benzene rings is 2. The normalized spacial score (nSPS) is 17.2. The van der Waals surface area contributed by atoms with E-state index >= 15 is 0 Å². The van der Waals surface area contributed by atoms with Gasteiger partial charge in [0.2, 0.25) is 0 Å². The first-order valence-electron chi connectivity index (χ1n) is 9.97. The molecule has 1 fully saturated rings. The highest BCUT2D eigenvalue weighted by Crippen LogP contribution is 2.21. The predicted octanol–water partition coefficient (Wildman–Crippen LogP) is 6.04. The van der Waals surface area contributed by atoms with Gasteiger partial charge in [-0.3, -0.25) is 0 Å². The van der Waals surface area contributed by atoms with Gasteiger partial charge in [-0.25, -0.2) is 0 Å². The van der Waals surface area contributed by atoms with Crippen molar-refractivity contribution in [2.45, 2.75) is 52.9 Å². The molecule has 0 spiro atoms. The van der Waals surface area contributed by atoms with E-state index < -0.39 is 0 Å². The summed E-state index contributed by atoms with van der Waals surface area (Å²) in [5, 5.41) is 0. The lowest BCUT2D eigenvalue weighted by molar-refractivity contribution is 0.323. The maximum Gasteiger partial charge on any atom is 0.00219 e. The Morgan fingerprint density at radius 1 is 0.960 bits per heavy atom. The minimum absolute atomic E-state index is 0.974. The maximum absolute atomic E-state index is 2.66. The molecule has 1 saturated heterocycles. The molecule has 25 heavy (non-hydrogen) atoms. The minimum atomic E-state index is 0.974. The Morgan fingerprint density at radius 3 is 2.36 bits per heavy atom. The molecule has 0 N–H and O–H groups in total. The van der Waals surface area contributed by atoms with Crippen molar-refractivity contribution in [2.24, 2.45) is 5.92 Å². The molecule has 1 heteroatoms. The number of rotatable bonds is 6. The Labute approximate surface area is 155 Å². The van der Waals surface area contributed by atoms with Crippen molar-refractivity contribution in [3.8, 4) is 0 Å². The topological polar surface area (TPSA) is 3.24 Å². The number of hydrogen-bond donors (Lipinski definition) is 0. The van der Waals surface area contributed by atoms with Gasteiger partial charge in [-0.05, 0) is 51.1 Å². The lowest BCUT2D eigenvalue weighted by atomic mass is 10.0. The first-order chi connectivity index (χ1) is 12.2. The number of likely N-dealkylation sites (tertiary alicyclic amines) is 1. The van der Waals surface area contributed by atoms with Gasteiger partial charge in [0.15, 0.2) is 0 Å². The highest BCUT2D eigenvalue weighted by atomic mass is 15.1. The third kappa shape index (κ3) is 7.88. The van der Waals surface area contributed by atoms with Crippen molar-refractivity contribution in [1.82, 2.24) is 4.90 Å². The lowest BCUT2D eigenvalue weighted by Gasteiger charge is -2.16. The molecular formula is C24H35N. The summed E-state index contributed by atoms with van der Waals surface area (Å²) in [6.07, 6.45) is 6.84. The van der Waals surface area contributed by atoms with E-state index in [-0.39, 0.29) is 0 Å². The van der Waals surface area contributed by atoms with E-state index in [1.807, 2.05) is 18.2 Å². The van der Waals surface area contributed by atoms with E-state index in [0.29, 0.717) is 0 Å². The number of aryl methyl sites for hydroxylation is 2. The summed E-state index contributed by atoms with van der Waals surface area (Å²) < 4.78 is 0. The van der Waals surface area contributed by atoms with Crippen molar-refractivity contribution in [2.75, 3.05) is 19.6 Å². The highest BCUT2D eigenvalue weighted by Gasteiger charge is 2.21. The smallest absolute Gasteiger partial charge is 0.00219 e. The first-order valence-corrected chi connectivity index (χ1v) is 9.97. The van der Waals surface area contributed by atoms with E-state index in [2.05, 4.69) is 62.1 Å². The molecule has 0 aromatic heterocycles. The molecule has 2 aromatic carbocycles. The van der Waals surface area contributed by atoms with Gasteiger partial charge in [-0.1, -0.05) is 85.5 Å². The minimum Gasteiger partial charge on any atom is -0.303 e. The van der Waals surface area contributed by atoms with Crippen LogP contribution >= 0.6 is 0 Å². The second kappa shape index (κ2) is 11.1. The Bertz CT molecular complexity index is 590. The van der Waals surface area contributed by atoms with Crippen LogP contribution in [0.5, 0.6) is 0 Å². The van der Waals surface area contributed by atoms with Gasteiger partial charge < -0.3 is 4.90 Å². The fraction of sp³-hybridized carbons (Fsp3) is 0.500. The second-order valence-electron chi connectivity index (χ2n) is 7.49. The molecule has 1 heterocycles. The predicted molar refractivity (Wildman–Crippen MR) is 110 cm³/mol. The van der Waals surface area contributed by atoms with Gasteiger partial charge in [0.25, 0.3) is 0 Å². The molecule has 0 aliphatic carbocycles. The molecule has 1 atom stereocenters. The van der Waals surface area contributed by atoms with Gasteiger partial charge in [0.1, 0.15) is 0 Å². The molecular weight excluding hydrogens is 302 g/mol. The van der Waals surface area contributed by atoms with E-state index in [1.165, 1.54) is 68.4 Å². The summed E-state index contributed by atoms with van der Waals surface area (Å²) in [5.74, 6) is 0.974. The summed E-state index contributed by atoms with van der Waals surface area (Å²) in [5.41, 5.74) is 4.20. The van der Waals surface area contributed by atoms with E-state index in [9.17, 15) is 0 Å². The van der Waals surface area contributed by atoms with Crippen LogP contribution in [0, 0.1) is 19.8 Å². The van der Waals surface area contributed by atoms with Crippen molar-refractivity contribution >= 4 is 0 Å². The molecule has 0 radical (unpaired) electrons.